The van der Waals surface area contributed by atoms with Crippen LogP contribution in [0.1, 0.15) is 66.4 Å². The lowest BCUT2D eigenvalue weighted by Gasteiger charge is -2.33. The van der Waals surface area contributed by atoms with Crippen molar-refractivity contribution < 1.29 is 13.2 Å². The number of ether oxygens (including phenoxy) is 1. The van der Waals surface area contributed by atoms with Crippen LogP contribution in [-0.4, -0.2) is 15.0 Å². The van der Waals surface area contributed by atoms with Gasteiger partial charge in [-0.25, -0.2) is 8.42 Å². The van der Waals surface area contributed by atoms with Gasteiger partial charge in [0, 0.05) is 0 Å². The maximum atomic E-state index is 11.8. The van der Waals surface area contributed by atoms with Crippen LogP contribution in [-0.2, 0) is 15.4 Å². The number of rotatable bonds is 7. The molecule has 0 aliphatic carbocycles. The van der Waals surface area contributed by atoms with Crippen molar-refractivity contribution in [2.24, 2.45) is 5.41 Å². The zero-order chi connectivity index (χ0) is 17.9. The summed E-state index contributed by atoms with van der Waals surface area (Å²) < 4.78 is 29.2. The van der Waals surface area contributed by atoms with Gasteiger partial charge in [0.2, 0.25) is 0 Å². The molecule has 0 aliphatic heterocycles. The van der Waals surface area contributed by atoms with Crippen molar-refractivity contribution >= 4 is 10.0 Å². The number of benzene rings is 1. The second-order valence-corrected chi connectivity index (χ2v) is 9.43. The van der Waals surface area contributed by atoms with Crippen molar-refractivity contribution in [3.63, 3.8) is 0 Å². The Morgan fingerprint density at radius 1 is 1.13 bits per heavy atom. The SMILES string of the molecule is CCCCOc1ccc(C(C)(C)CC(C)(C)C)cc1S([NH])(=O)=O. The summed E-state index contributed by atoms with van der Waals surface area (Å²) >= 11 is 0. The van der Waals surface area contributed by atoms with Crippen LogP contribution < -0.4 is 9.88 Å². The lowest BCUT2D eigenvalue weighted by Crippen LogP contribution is -2.25. The standard InChI is InChI=1S/C18H30NO3S/c1-7-8-11-22-15-10-9-14(12-16(15)23(19,20)21)18(5,6)13-17(2,3)4/h9-10,12,19H,7-8,11,13H2,1-6H3. The van der Waals surface area contributed by atoms with Crippen LogP contribution in [0.3, 0.4) is 0 Å². The maximum Gasteiger partial charge on any atom is 0.257 e. The molecule has 0 saturated carbocycles. The molecule has 4 nitrogen and oxygen atoms in total. The van der Waals surface area contributed by atoms with E-state index in [4.69, 9.17) is 9.88 Å². The summed E-state index contributed by atoms with van der Waals surface area (Å²) in [5.74, 6) is 0.281. The quantitative estimate of drug-likeness (QED) is 0.684. The summed E-state index contributed by atoms with van der Waals surface area (Å²) in [7, 11) is -4.07. The largest absolute Gasteiger partial charge is 0.492 e. The second-order valence-electron chi connectivity index (χ2n) is 7.99. The predicted octanol–water partition coefficient (Wildman–Crippen LogP) is 4.55. The molecule has 5 heteroatoms. The number of hydrogen-bond acceptors (Lipinski definition) is 3. The van der Waals surface area contributed by atoms with Crippen LogP contribution in [0.4, 0.5) is 0 Å². The van der Waals surface area contributed by atoms with Gasteiger partial charge in [0.05, 0.1) is 6.61 Å². The summed E-state index contributed by atoms with van der Waals surface area (Å²) in [6.45, 7) is 13.2. The first-order valence-electron chi connectivity index (χ1n) is 8.14. The van der Waals surface area contributed by atoms with Crippen molar-refractivity contribution in [1.29, 1.82) is 0 Å². The monoisotopic (exact) mass is 340 g/mol. The molecule has 0 aromatic heterocycles. The van der Waals surface area contributed by atoms with Crippen molar-refractivity contribution in [2.75, 3.05) is 6.61 Å². The summed E-state index contributed by atoms with van der Waals surface area (Å²) in [4.78, 5) is -0.0342. The van der Waals surface area contributed by atoms with Gasteiger partial charge in [0.15, 0.2) is 0 Å². The third-order valence-electron chi connectivity index (χ3n) is 3.74. The minimum Gasteiger partial charge on any atom is -0.492 e. The first-order chi connectivity index (χ1) is 10.4. The van der Waals surface area contributed by atoms with Crippen molar-refractivity contribution in [3.8, 4) is 5.75 Å². The van der Waals surface area contributed by atoms with Crippen LogP contribution in [0.5, 0.6) is 5.75 Å². The molecular formula is C18H30NO3S. The molecule has 1 radical (unpaired) electrons. The van der Waals surface area contributed by atoms with E-state index in [0.717, 1.165) is 24.8 Å². The van der Waals surface area contributed by atoms with Gasteiger partial charge in [-0.15, -0.1) is 5.14 Å². The van der Waals surface area contributed by atoms with E-state index in [0.29, 0.717) is 6.61 Å². The number of unbranched alkanes of at least 4 members (excludes halogenated alkanes) is 1. The number of nitrogens with one attached hydrogen (secondary N) is 1. The number of hydrogen-bond donors (Lipinski definition) is 0. The highest BCUT2D eigenvalue weighted by molar-refractivity contribution is 7.89. The van der Waals surface area contributed by atoms with E-state index in [1.165, 1.54) is 0 Å². The maximum absolute atomic E-state index is 11.8. The molecule has 0 amide bonds. The Morgan fingerprint density at radius 3 is 2.22 bits per heavy atom. The molecule has 0 aliphatic rings. The van der Waals surface area contributed by atoms with E-state index in [2.05, 4.69) is 34.6 Å². The molecule has 23 heavy (non-hydrogen) atoms. The van der Waals surface area contributed by atoms with Gasteiger partial charge in [-0.1, -0.05) is 54.0 Å². The van der Waals surface area contributed by atoms with Crippen LogP contribution in [0.15, 0.2) is 23.1 Å². The van der Waals surface area contributed by atoms with E-state index in [1.54, 1.807) is 12.1 Å². The third-order valence-corrected chi connectivity index (χ3v) is 4.64. The fourth-order valence-electron chi connectivity index (χ4n) is 3.01. The summed E-state index contributed by atoms with van der Waals surface area (Å²) in [6, 6.07) is 5.22. The Labute approximate surface area is 141 Å². The van der Waals surface area contributed by atoms with Crippen LogP contribution in [0.25, 0.3) is 0 Å². The highest BCUT2D eigenvalue weighted by atomic mass is 32.2. The molecule has 0 atom stereocenters. The van der Waals surface area contributed by atoms with E-state index in [9.17, 15) is 8.42 Å². The van der Waals surface area contributed by atoms with E-state index in [-0.39, 0.29) is 21.5 Å². The van der Waals surface area contributed by atoms with Crippen molar-refractivity contribution in [1.82, 2.24) is 5.14 Å². The minimum atomic E-state index is -4.07. The number of sulfonamides is 1. The Balaban J connectivity index is 3.23. The first-order valence-corrected chi connectivity index (χ1v) is 9.62. The molecule has 0 bridgehead atoms. The molecule has 1 N–H and O–H groups in total. The molecule has 0 heterocycles. The Bertz CT molecular complexity index is 628. The Morgan fingerprint density at radius 2 is 1.74 bits per heavy atom. The molecule has 0 saturated heterocycles. The van der Waals surface area contributed by atoms with Gasteiger partial charge in [-0.2, -0.15) is 0 Å². The second kappa shape index (κ2) is 7.22. The molecule has 0 unspecified atom stereocenters. The topological polar surface area (TPSA) is 67.2 Å². The van der Waals surface area contributed by atoms with Gasteiger partial charge in [0.25, 0.3) is 10.0 Å². The molecular weight excluding hydrogens is 310 g/mol. The lowest BCUT2D eigenvalue weighted by atomic mass is 9.72. The first kappa shape index (κ1) is 20.0. The molecule has 0 spiro atoms. The van der Waals surface area contributed by atoms with Crippen LogP contribution in [0.2, 0.25) is 0 Å². The smallest absolute Gasteiger partial charge is 0.257 e. The van der Waals surface area contributed by atoms with Gasteiger partial charge < -0.3 is 4.74 Å². The summed E-state index contributed by atoms with van der Waals surface area (Å²) in [5.41, 5.74) is 0.862. The van der Waals surface area contributed by atoms with Crippen LogP contribution in [0, 0.1) is 5.41 Å². The van der Waals surface area contributed by atoms with Crippen molar-refractivity contribution in [2.45, 2.75) is 71.1 Å². The van der Waals surface area contributed by atoms with Crippen molar-refractivity contribution in [3.05, 3.63) is 23.8 Å². The molecule has 0 fully saturated rings. The predicted molar refractivity (Wildman–Crippen MR) is 94.2 cm³/mol. The average Bonchev–Trinajstić information content (AvgIpc) is 2.35. The lowest BCUT2D eigenvalue weighted by molar-refractivity contribution is 0.282. The average molecular weight is 341 g/mol. The van der Waals surface area contributed by atoms with E-state index in [1.807, 2.05) is 13.0 Å². The fraction of sp³-hybridized carbons (Fsp3) is 0.667. The van der Waals surface area contributed by atoms with Gasteiger partial charge >= 0.3 is 0 Å². The van der Waals surface area contributed by atoms with Gasteiger partial charge in [0.1, 0.15) is 10.6 Å². The van der Waals surface area contributed by atoms with Gasteiger partial charge in [-0.3, -0.25) is 0 Å². The van der Waals surface area contributed by atoms with E-state index < -0.39 is 10.0 Å². The third kappa shape index (κ3) is 6.15. The Kier molecular flexibility index (Phi) is 6.27. The van der Waals surface area contributed by atoms with Gasteiger partial charge in [-0.05, 0) is 41.4 Å². The highest BCUT2D eigenvalue weighted by Gasteiger charge is 2.29. The van der Waals surface area contributed by atoms with Crippen LogP contribution >= 0.6 is 0 Å². The zero-order valence-electron chi connectivity index (χ0n) is 15.2. The Hall–Kier alpha value is -1.07. The molecule has 131 valence electrons. The molecule has 1 aromatic carbocycles. The summed E-state index contributed by atoms with van der Waals surface area (Å²) in [6.07, 6.45) is 2.74. The van der Waals surface area contributed by atoms with E-state index >= 15 is 0 Å². The minimum absolute atomic E-state index is 0.0342. The summed E-state index contributed by atoms with van der Waals surface area (Å²) in [5, 5.41) is 7.47. The zero-order valence-corrected chi connectivity index (χ0v) is 16.0. The molecule has 1 rings (SSSR count). The normalized spacial score (nSPS) is 13.2. The highest BCUT2D eigenvalue weighted by Crippen LogP contribution is 2.38. The molecule has 1 aromatic rings. The fourth-order valence-corrected chi connectivity index (χ4v) is 3.69.